The zero-order chi connectivity index (χ0) is 17.5. The van der Waals surface area contributed by atoms with Crippen LogP contribution in [0.5, 0.6) is 0 Å². The molecule has 0 saturated heterocycles. The highest BCUT2D eigenvalue weighted by Gasteiger charge is 2.43. The third-order valence-corrected chi connectivity index (χ3v) is 5.22. The van der Waals surface area contributed by atoms with Crippen LogP contribution in [0.1, 0.15) is 16.7 Å². The fourth-order valence-corrected chi connectivity index (χ4v) is 3.95. The second-order valence-electron chi connectivity index (χ2n) is 5.87. The smallest absolute Gasteiger partial charge is 0.0830 e. The molecule has 1 unspecified atom stereocenters. The van der Waals surface area contributed by atoms with Crippen molar-refractivity contribution in [2.24, 2.45) is 0 Å². The molecular formula is C22H22O2S. The SMILES string of the molecule is COSCC(O)C(c1ccccc1)(c1ccccc1)c1ccccc1. The first-order valence-corrected chi connectivity index (χ1v) is 9.21. The Balaban J connectivity index is 2.28. The fourth-order valence-electron chi connectivity index (χ4n) is 3.44. The molecule has 3 aromatic rings. The van der Waals surface area contributed by atoms with Gasteiger partial charge in [-0.3, -0.25) is 0 Å². The van der Waals surface area contributed by atoms with Gasteiger partial charge in [0.1, 0.15) is 0 Å². The molecular weight excluding hydrogens is 328 g/mol. The summed E-state index contributed by atoms with van der Waals surface area (Å²) in [5, 5.41) is 11.4. The predicted octanol–water partition coefficient (Wildman–Crippen LogP) is 4.68. The molecule has 0 aliphatic rings. The summed E-state index contributed by atoms with van der Waals surface area (Å²) in [6.07, 6.45) is -0.648. The van der Waals surface area contributed by atoms with Gasteiger partial charge in [0.05, 0.1) is 18.6 Å². The summed E-state index contributed by atoms with van der Waals surface area (Å²) in [5.41, 5.74) is 2.54. The molecule has 0 bridgehead atoms. The van der Waals surface area contributed by atoms with Gasteiger partial charge in [-0.1, -0.05) is 91.0 Å². The van der Waals surface area contributed by atoms with E-state index >= 15 is 0 Å². The quantitative estimate of drug-likeness (QED) is 0.496. The maximum Gasteiger partial charge on any atom is 0.0830 e. The Morgan fingerprint density at radius 3 is 1.44 bits per heavy atom. The van der Waals surface area contributed by atoms with Gasteiger partial charge in [-0.05, 0) is 28.7 Å². The molecule has 0 amide bonds. The van der Waals surface area contributed by atoms with Gasteiger partial charge in [-0.15, -0.1) is 0 Å². The van der Waals surface area contributed by atoms with Crippen LogP contribution in [0.15, 0.2) is 91.0 Å². The topological polar surface area (TPSA) is 29.5 Å². The second-order valence-corrected chi connectivity index (χ2v) is 6.78. The molecule has 0 heterocycles. The normalized spacial score (nSPS) is 12.7. The standard InChI is InChI=1S/C22H22O2S/c1-24-25-17-21(23)22(18-11-5-2-6-12-18,19-13-7-3-8-14-19)20-15-9-4-10-16-20/h2-16,21,23H,17H2,1H3. The third-order valence-electron chi connectivity index (χ3n) is 4.53. The first-order valence-electron chi connectivity index (χ1n) is 8.30. The van der Waals surface area contributed by atoms with Gasteiger partial charge < -0.3 is 9.29 Å². The lowest BCUT2D eigenvalue weighted by atomic mass is 9.66. The van der Waals surface area contributed by atoms with Gasteiger partial charge in [0, 0.05) is 5.75 Å². The minimum absolute atomic E-state index is 0.467. The van der Waals surface area contributed by atoms with Gasteiger partial charge >= 0.3 is 0 Å². The first-order chi connectivity index (χ1) is 12.3. The van der Waals surface area contributed by atoms with Gasteiger partial charge in [0.15, 0.2) is 0 Å². The van der Waals surface area contributed by atoms with E-state index in [1.165, 1.54) is 12.0 Å². The van der Waals surface area contributed by atoms with E-state index in [-0.39, 0.29) is 0 Å². The highest BCUT2D eigenvalue weighted by Crippen LogP contribution is 2.43. The summed E-state index contributed by atoms with van der Waals surface area (Å²) in [5.74, 6) is 0.467. The van der Waals surface area contributed by atoms with Crippen LogP contribution in [-0.4, -0.2) is 24.1 Å². The number of aliphatic hydroxyl groups excluding tert-OH is 1. The minimum Gasteiger partial charge on any atom is -0.391 e. The number of aliphatic hydroxyl groups is 1. The van der Waals surface area contributed by atoms with E-state index in [1.807, 2.05) is 54.6 Å². The summed E-state index contributed by atoms with van der Waals surface area (Å²) in [7, 11) is 1.63. The number of hydrogen-bond acceptors (Lipinski definition) is 3. The Bertz CT molecular complexity index is 663. The van der Waals surface area contributed by atoms with E-state index < -0.39 is 11.5 Å². The van der Waals surface area contributed by atoms with Crippen LogP contribution in [0.4, 0.5) is 0 Å². The van der Waals surface area contributed by atoms with Crippen LogP contribution in [0, 0.1) is 0 Å². The number of rotatable bonds is 7. The number of hydrogen-bond donors (Lipinski definition) is 1. The van der Waals surface area contributed by atoms with E-state index in [4.69, 9.17) is 4.18 Å². The Hall–Kier alpha value is -2.07. The zero-order valence-electron chi connectivity index (χ0n) is 14.2. The van der Waals surface area contributed by atoms with E-state index in [1.54, 1.807) is 7.11 Å². The van der Waals surface area contributed by atoms with Crippen molar-refractivity contribution >= 4 is 12.0 Å². The molecule has 0 radical (unpaired) electrons. The highest BCUT2D eigenvalue weighted by molar-refractivity contribution is 7.94. The Morgan fingerprint density at radius 1 is 0.760 bits per heavy atom. The minimum atomic E-state index is -0.657. The first kappa shape index (κ1) is 17.7. The fraction of sp³-hybridized carbons (Fsp3) is 0.182. The Kier molecular flexibility index (Phi) is 5.92. The molecule has 0 aliphatic carbocycles. The zero-order valence-corrected chi connectivity index (χ0v) is 15.0. The average Bonchev–Trinajstić information content (AvgIpc) is 2.69. The van der Waals surface area contributed by atoms with E-state index in [0.717, 1.165) is 16.7 Å². The molecule has 0 fully saturated rings. The van der Waals surface area contributed by atoms with Crippen LogP contribution in [0.25, 0.3) is 0 Å². The molecule has 3 aromatic carbocycles. The molecule has 2 nitrogen and oxygen atoms in total. The Morgan fingerprint density at radius 2 is 1.12 bits per heavy atom. The largest absolute Gasteiger partial charge is 0.391 e. The van der Waals surface area contributed by atoms with Crippen molar-refractivity contribution in [2.45, 2.75) is 11.5 Å². The molecule has 3 rings (SSSR count). The lowest BCUT2D eigenvalue weighted by molar-refractivity contribution is 0.143. The van der Waals surface area contributed by atoms with Crippen molar-refractivity contribution in [3.05, 3.63) is 108 Å². The predicted molar refractivity (Wildman–Crippen MR) is 105 cm³/mol. The van der Waals surface area contributed by atoms with Crippen molar-refractivity contribution in [1.29, 1.82) is 0 Å². The van der Waals surface area contributed by atoms with Crippen molar-refractivity contribution in [3.63, 3.8) is 0 Å². The summed E-state index contributed by atoms with van der Waals surface area (Å²) in [4.78, 5) is 0. The van der Waals surface area contributed by atoms with E-state index in [0.29, 0.717) is 5.75 Å². The van der Waals surface area contributed by atoms with E-state index in [2.05, 4.69) is 36.4 Å². The van der Waals surface area contributed by atoms with Crippen LogP contribution < -0.4 is 0 Å². The average molecular weight is 350 g/mol. The van der Waals surface area contributed by atoms with Crippen LogP contribution in [0.3, 0.4) is 0 Å². The molecule has 3 heteroatoms. The van der Waals surface area contributed by atoms with Crippen molar-refractivity contribution in [2.75, 3.05) is 12.9 Å². The molecule has 0 spiro atoms. The van der Waals surface area contributed by atoms with Crippen molar-refractivity contribution in [1.82, 2.24) is 0 Å². The summed E-state index contributed by atoms with van der Waals surface area (Å²) >= 11 is 1.28. The van der Waals surface area contributed by atoms with Crippen molar-refractivity contribution in [3.8, 4) is 0 Å². The molecule has 0 aliphatic heterocycles. The highest BCUT2D eigenvalue weighted by atomic mass is 32.2. The lowest BCUT2D eigenvalue weighted by Gasteiger charge is -2.40. The van der Waals surface area contributed by atoms with Gasteiger partial charge in [-0.2, -0.15) is 0 Å². The molecule has 0 aromatic heterocycles. The molecule has 1 atom stereocenters. The van der Waals surface area contributed by atoms with Crippen LogP contribution in [-0.2, 0) is 9.60 Å². The maximum absolute atomic E-state index is 11.4. The summed E-state index contributed by atoms with van der Waals surface area (Å²) < 4.78 is 5.17. The maximum atomic E-state index is 11.4. The Labute approximate surface area is 153 Å². The molecule has 1 N–H and O–H groups in total. The van der Waals surface area contributed by atoms with Gasteiger partial charge in [0.25, 0.3) is 0 Å². The van der Waals surface area contributed by atoms with Gasteiger partial charge in [-0.25, -0.2) is 0 Å². The summed E-state index contributed by atoms with van der Waals surface area (Å²) in [6, 6.07) is 30.6. The lowest BCUT2D eigenvalue weighted by Crippen LogP contribution is -2.43. The van der Waals surface area contributed by atoms with Crippen molar-refractivity contribution < 1.29 is 9.29 Å². The number of benzene rings is 3. The molecule has 0 saturated carbocycles. The van der Waals surface area contributed by atoms with Crippen LogP contribution >= 0.6 is 12.0 Å². The van der Waals surface area contributed by atoms with Gasteiger partial charge in [0.2, 0.25) is 0 Å². The molecule has 128 valence electrons. The third kappa shape index (κ3) is 3.49. The van der Waals surface area contributed by atoms with E-state index in [9.17, 15) is 5.11 Å². The monoisotopic (exact) mass is 350 g/mol. The molecule has 25 heavy (non-hydrogen) atoms. The summed E-state index contributed by atoms with van der Waals surface area (Å²) in [6.45, 7) is 0. The second kappa shape index (κ2) is 8.34. The van der Waals surface area contributed by atoms with Crippen LogP contribution in [0.2, 0.25) is 0 Å².